The van der Waals surface area contributed by atoms with Gasteiger partial charge >= 0.3 is 0 Å². The number of hydrogen-bond donors (Lipinski definition) is 2. The van der Waals surface area contributed by atoms with E-state index < -0.39 is 0 Å². The lowest BCUT2D eigenvalue weighted by molar-refractivity contribution is 0.0243. The normalized spacial score (nSPS) is 21.3. The van der Waals surface area contributed by atoms with Gasteiger partial charge in [0.2, 0.25) is 0 Å². The minimum absolute atomic E-state index is 0.119. The molecule has 0 radical (unpaired) electrons. The molecular weight excluding hydrogens is 307 g/mol. The molecular formula is C18H29FN4O. The fraction of sp³-hybridized carbons (Fsp3) is 0.611. The summed E-state index contributed by atoms with van der Waals surface area (Å²) in [6, 6.07) is 5.23. The van der Waals surface area contributed by atoms with Crippen LogP contribution in [0.5, 0.6) is 0 Å². The van der Waals surface area contributed by atoms with Crippen molar-refractivity contribution in [1.82, 2.24) is 15.5 Å². The van der Waals surface area contributed by atoms with Gasteiger partial charge in [0.05, 0.1) is 5.60 Å². The number of ether oxygens (including phenoxy) is 1. The predicted octanol–water partition coefficient (Wildman–Crippen LogP) is 2.12. The second-order valence-electron chi connectivity index (χ2n) is 6.84. The van der Waals surface area contributed by atoms with Crippen molar-refractivity contribution in [3.63, 3.8) is 0 Å². The van der Waals surface area contributed by atoms with Crippen LogP contribution in [0.15, 0.2) is 23.2 Å². The van der Waals surface area contributed by atoms with Crippen molar-refractivity contribution in [2.45, 2.75) is 38.5 Å². The van der Waals surface area contributed by atoms with Gasteiger partial charge in [0.25, 0.3) is 0 Å². The largest absolute Gasteiger partial charge is 0.373 e. The average molecular weight is 336 g/mol. The van der Waals surface area contributed by atoms with E-state index in [4.69, 9.17) is 4.74 Å². The summed E-state index contributed by atoms with van der Waals surface area (Å²) in [5.41, 5.74) is 1.61. The Kier molecular flexibility index (Phi) is 6.57. The van der Waals surface area contributed by atoms with E-state index in [1.807, 2.05) is 25.1 Å². The average Bonchev–Trinajstić information content (AvgIpc) is 2.97. The Morgan fingerprint density at radius 3 is 2.79 bits per heavy atom. The van der Waals surface area contributed by atoms with E-state index in [1.165, 1.54) is 6.07 Å². The quantitative estimate of drug-likeness (QED) is 0.617. The molecule has 0 bridgehead atoms. The molecule has 1 aliphatic heterocycles. The first kappa shape index (κ1) is 18.7. The summed E-state index contributed by atoms with van der Waals surface area (Å²) in [4.78, 5) is 6.20. The topological polar surface area (TPSA) is 48.9 Å². The maximum absolute atomic E-state index is 13.8. The highest BCUT2D eigenvalue weighted by Gasteiger charge is 2.29. The molecule has 1 atom stereocenters. The minimum atomic E-state index is -0.165. The Morgan fingerprint density at radius 1 is 1.38 bits per heavy atom. The van der Waals surface area contributed by atoms with Crippen LogP contribution in [0.2, 0.25) is 0 Å². The molecule has 0 aromatic heterocycles. The van der Waals surface area contributed by atoms with Gasteiger partial charge in [-0.3, -0.25) is 4.99 Å². The standard InChI is InChI=1S/C18H29FN4O/c1-18(8-5-9-24-18)13-22-17(20-2)21-11-14-6-7-16(19)15(10-14)12-23(3)4/h6-7,10H,5,8-9,11-13H2,1-4H3,(H2,20,21,22). The van der Waals surface area contributed by atoms with E-state index in [2.05, 4.69) is 22.5 Å². The Balaban J connectivity index is 1.88. The van der Waals surface area contributed by atoms with Gasteiger partial charge in [-0.15, -0.1) is 0 Å². The van der Waals surface area contributed by atoms with Gasteiger partial charge in [-0.05, 0) is 51.6 Å². The smallest absolute Gasteiger partial charge is 0.191 e. The summed E-state index contributed by atoms with van der Waals surface area (Å²) in [5.74, 6) is 0.562. The highest BCUT2D eigenvalue weighted by atomic mass is 19.1. The third-order valence-corrected chi connectivity index (χ3v) is 4.21. The van der Waals surface area contributed by atoms with Gasteiger partial charge in [-0.25, -0.2) is 4.39 Å². The number of guanidine groups is 1. The lowest BCUT2D eigenvalue weighted by Crippen LogP contribution is -2.45. The molecule has 5 nitrogen and oxygen atoms in total. The van der Waals surface area contributed by atoms with E-state index in [0.29, 0.717) is 18.7 Å². The second kappa shape index (κ2) is 8.44. The molecule has 1 unspecified atom stereocenters. The van der Waals surface area contributed by atoms with Crippen LogP contribution in [0, 0.1) is 5.82 Å². The van der Waals surface area contributed by atoms with E-state index in [0.717, 1.165) is 37.5 Å². The summed E-state index contributed by atoms with van der Waals surface area (Å²) < 4.78 is 19.6. The van der Waals surface area contributed by atoms with Crippen molar-refractivity contribution in [2.24, 2.45) is 4.99 Å². The molecule has 1 aliphatic rings. The SMILES string of the molecule is CN=C(NCc1ccc(F)c(CN(C)C)c1)NCC1(C)CCCO1. The van der Waals surface area contributed by atoms with Crippen LogP contribution >= 0.6 is 0 Å². The van der Waals surface area contributed by atoms with Crippen LogP contribution in [0.25, 0.3) is 0 Å². The number of hydrogen-bond acceptors (Lipinski definition) is 3. The first-order valence-corrected chi connectivity index (χ1v) is 8.42. The molecule has 0 saturated carbocycles. The van der Waals surface area contributed by atoms with Gasteiger partial charge in [0.1, 0.15) is 5.82 Å². The number of rotatable bonds is 6. The summed E-state index contributed by atoms with van der Waals surface area (Å²) in [7, 11) is 5.61. The molecule has 1 aromatic rings. The molecule has 24 heavy (non-hydrogen) atoms. The van der Waals surface area contributed by atoms with Crippen LogP contribution in [0.1, 0.15) is 30.9 Å². The molecule has 1 saturated heterocycles. The number of aliphatic imine (C=N–C) groups is 1. The number of halogens is 1. The van der Waals surface area contributed by atoms with Crippen molar-refractivity contribution >= 4 is 5.96 Å². The van der Waals surface area contributed by atoms with E-state index in [1.54, 1.807) is 13.1 Å². The summed E-state index contributed by atoms with van der Waals surface area (Å²) in [5, 5.41) is 6.59. The zero-order chi connectivity index (χ0) is 17.6. The highest BCUT2D eigenvalue weighted by Crippen LogP contribution is 2.23. The Hall–Kier alpha value is -1.66. The fourth-order valence-corrected chi connectivity index (χ4v) is 2.85. The maximum Gasteiger partial charge on any atom is 0.191 e. The first-order chi connectivity index (χ1) is 11.4. The van der Waals surface area contributed by atoms with Crippen molar-refractivity contribution in [3.05, 3.63) is 35.1 Å². The summed E-state index contributed by atoms with van der Waals surface area (Å²) in [6.45, 7) is 4.85. The molecule has 134 valence electrons. The molecule has 6 heteroatoms. The molecule has 0 aliphatic carbocycles. The zero-order valence-corrected chi connectivity index (χ0v) is 15.2. The molecule has 0 spiro atoms. The zero-order valence-electron chi connectivity index (χ0n) is 15.2. The number of benzene rings is 1. The van der Waals surface area contributed by atoms with E-state index in [9.17, 15) is 4.39 Å². The second-order valence-corrected chi connectivity index (χ2v) is 6.84. The van der Waals surface area contributed by atoms with Crippen LogP contribution in [0.3, 0.4) is 0 Å². The lowest BCUT2D eigenvalue weighted by atomic mass is 10.0. The van der Waals surface area contributed by atoms with Crippen molar-refractivity contribution in [3.8, 4) is 0 Å². The number of nitrogens with one attached hydrogen (secondary N) is 2. The van der Waals surface area contributed by atoms with Gasteiger partial charge in [0, 0.05) is 38.9 Å². The van der Waals surface area contributed by atoms with Gasteiger partial charge in [0.15, 0.2) is 5.96 Å². The van der Waals surface area contributed by atoms with Crippen molar-refractivity contribution in [2.75, 3.05) is 34.3 Å². The molecule has 1 aromatic carbocycles. The molecule has 2 N–H and O–H groups in total. The highest BCUT2D eigenvalue weighted by molar-refractivity contribution is 5.79. The van der Waals surface area contributed by atoms with Crippen LogP contribution in [0.4, 0.5) is 4.39 Å². The molecule has 0 amide bonds. The molecule has 1 fully saturated rings. The molecule has 1 heterocycles. The van der Waals surface area contributed by atoms with Gasteiger partial charge in [-0.2, -0.15) is 0 Å². The summed E-state index contributed by atoms with van der Waals surface area (Å²) in [6.07, 6.45) is 2.16. The third kappa shape index (κ3) is 5.46. The fourth-order valence-electron chi connectivity index (χ4n) is 2.85. The lowest BCUT2D eigenvalue weighted by Gasteiger charge is -2.24. The van der Waals surface area contributed by atoms with Crippen LogP contribution in [-0.2, 0) is 17.8 Å². The minimum Gasteiger partial charge on any atom is -0.373 e. The van der Waals surface area contributed by atoms with Crippen LogP contribution < -0.4 is 10.6 Å². The van der Waals surface area contributed by atoms with E-state index in [-0.39, 0.29) is 11.4 Å². The Morgan fingerprint density at radius 2 is 2.17 bits per heavy atom. The summed E-state index contributed by atoms with van der Waals surface area (Å²) >= 11 is 0. The van der Waals surface area contributed by atoms with Crippen molar-refractivity contribution in [1.29, 1.82) is 0 Å². The van der Waals surface area contributed by atoms with Gasteiger partial charge in [-0.1, -0.05) is 6.07 Å². The predicted molar refractivity (Wildman–Crippen MR) is 95.6 cm³/mol. The third-order valence-electron chi connectivity index (χ3n) is 4.21. The van der Waals surface area contributed by atoms with E-state index >= 15 is 0 Å². The molecule has 2 rings (SSSR count). The Bertz CT molecular complexity index is 568. The van der Waals surface area contributed by atoms with Gasteiger partial charge < -0.3 is 20.3 Å². The van der Waals surface area contributed by atoms with Crippen molar-refractivity contribution < 1.29 is 9.13 Å². The monoisotopic (exact) mass is 336 g/mol. The number of nitrogens with zero attached hydrogens (tertiary/aromatic N) is 2. The first-order valence-electron chi connectivity index (χ1n) is 8.42. The van der Waals surface area contributed by atoms with Crippen LogP contribution in [-0.4, -0.2) is 50.8 Å². The Labute approximate surface area is 144 Å². The maximum atomic E-state index is 13.8.